The molecule has 0 amide bonds. The van der Waals surface area contributed by atoms with Crippen LogP contribution in [0.2, 0.25) is 5.02 Å². The van der Waals surface area contributed by atoms with Crippen LogP contribution in [0, 0.1) is 6.92 Å². The highest BCUT2D eigenvalue weighted by Crippen LogP contribution is 2.32. The van der Waals surface area contributed by atoms with Crippen LogP contribution in [0.25, 0.3) is 16.7 Å². The van der Waals surface area contributed by atoms with Crippen molar-refractivity contribution in [2.75, 3.05) is 12.8 Å². The van der Waals surface area contributed by atoms with Crippen LogP contribution in [0.3, 0.4) is 0 Å². The van der Waals surface area contributed by atoms with Gasteiger partial charge in [-0.3, -0.25) is 4.57 Å². The third-order valence-electron chi connectivity index (χ3n) is 3.04. The molecule has 0 spiro atoms. The zero-order valence-corrected chi connectivity index (χ0v) is 12.7. The Bertz CT molecular complexity index is 857. The summed E-state index contributed by atoms with van der Waals surface area (Å²) in [5, 5.41) is 0.443. The van der Waals surface area contributed by atoms with Gasteiger partial charge in [0.15, 0.2) is 5.69 Å². The number of methoxy groups -OCH3 is 1. The number of halogens is 1. The number of ether oxygens (including phenoxy) is 1. The fourth-order valence-electron chi connectivity index (χ4n) is 2.10. The number of aromatic nitrogens is 4. The summed E-state index contributed by atoms with van der Waals surface area (Å²) in [5.41, 5.74) is 7.95. The summed E-state index contributed by atoms with van der Waals surface area (Å²) in [7, 11) is 1.27. The predicted molar refractivity (Wildman–Crippen MR) is 80.0 cm³/mol. The average molecular weight is 324 g/mol. The Kier molecular flexibility index (Phi) is 3.26. The van der Waals surface area contributed by atoms with Crippen molar-refractivity contribution in [1.29, 1.82) is 0 Å². The van der Waals surface area contributed by atoms with Crippen molar-refractivity contribution in [2.45, 2.75) is 6.92 Å². The van der Waals surface area contributed by atoms with Gasteiger partial charge in [-0.05, 0) is 19.1 Å². The largest absolute Gasteiger partial charge is 0.464 e. The number of aryl methyl sites for hydroxylation is 1. The lowest BCUT2D eigenvalue weighted by atomic mass is 10.2. The van der Waals surface area contributed by atoms with E-state index in [4.69, 9.17) is 17.3 Å². The highest BCUT2D eigenvalue weighted by Gasteiger charge is 2.23. The van der Waals surface area contributed by atoms with Gasteiger partial charge in [0.05, 0.1) is 29.5 Å². The van der Waals surface area contributed by atoms with E-state index in [2.05, 4.69) is 18.5 Å². The van der Waals surface area contributed by atoms with Crippen LogP contribution in [0.4, 0.5) is 5.82 Å². The van der Waals surface area contributed by atoms with Crippen molar-refractivity contribution in [1.82, 2.24) is 18.3 Å². The first kappa shape index (κ1) is 13.8. The smallest absolute Gasteiger partial charge is 0.360 e. The van der Waals surface area contributed by atoms with Crippen molar-refractivity contribution < 1.29 is 9.53 Å². The molecule has 0 aliphatic rings. The van der Waals surface area contributed by atoms with Crippen LogP contribution >= 0.6 is 23.3 Å². The molecule has 2 heterocycles. The van der Waals surface area contributed by atoms with Gasteiger partial charge in [0.2, 0.25) is 0 Å². The fourth-order valence-corrected chi connectivity index (χ4v) is 2.88. The van der Waals surface area contributed by atoms with E-state index in [0.717, 1.165) is 11.7 Å². The lowest BCUT2D eigenvalue weighted by Crippen LogP contribution is -2.08. The van der Waals surface area contributed by atoms with Gasteiger partial charge in [-0.2, -0.15) is 8.75 Å². The summed E-state index contributed by atoms with van der Waals surface area (Å²) in [5.74, 6) is 0.0612. The summed E-state index contributed by atoms with van der Waals surface area (Å²) in [6, 6.07) is 3.48. The van der Waals surface area contributed by atoms with Crippen molar-refractivity contribution in [3.05, 3.63) is 28.7 Å². The Morgan fingerprint density at radius 1 is 1.43 bits per heavy atom. The summed E-state index contributed by atoms with van der Waals surface area (Å²) in [6.07, 6.45) is 0. The van der Waals surface area contributed by atoms with Gasteiger partial charge in [0.25, 0.3) is 0 Å². The van der Waals surface area contributed by atoms with Gasteiger partial charge < -0.3 is 10.5 Å². The molecule has 0 aliphatic heterocycles. The van der Waals surface area contributed by atoms with Crippen LogP contribution in [0.5, 0.6) is 0 Å². The number of hydrogen-bond donors (Lipinski definition) is 1. The van der Waals surface area contributed by atoms with Gasteiger partial charge in [0.1, 0.15) is 22.7 Å². The number of rotatable bonds is 2. The topological polar surface area (TPSA) is 95.9 Å². The van der Waals surface area contributed by atoms with Crippen LogP contribution < -0.4 is 5.73 Å². The molecule has 0 aliphatic carbocycles. The Morgan fingerprint density at radius 3 is 2.90 bits per heavy atom. The normalized spacial score (nSPS) is 11.0. The van der Waals surface area contributed by atoms with Crippen molar-refractivity contribution in [2.24, 2.45) is 0 Å². The minimum atomic E-state index is -0.603. The zero-order chi connectivity index (χ0) is 15.1. The molecule has 3 rings (SSSR count). The van der Waals surface area contributed by atoms with E-state index in [1.807, 2.05) is 0 Å². The molecule has 1 aromatic carbocycles. The number of nitrogens with two attached hydrogens (primary N) is 1. The average Bonchev–Trinajstić information content (AvgIpc) is 3.04. The number of nitrogens with zero attached hydrogens (tertiary/aromatic N) is 4. The van der Waals surface area contributed by atoms with Gasteiger partial charge in [-0.15, -0.1) is 0 Å². The lowest BCUT2D eigenvalue weighted by molar-refractivity contribution is 0.0596. The van der Waals surface area contributed by atoms with E-state index in [1.54, 1.807) is 23.6 Å². The number of anilines is 1. The molecule has 21 heavy (non-hydrogen) atoms. The van der Waals surface area contributed by atoms with Crippen molar-refractivity contribution in [3.63, 3.8) is 0 Å². The summed E-state index contributed by atoms with van der Waals surface area (Å²) < 4.78 is 14.7. The van der Waals surface area contributed by atoms with Gasteiger partial charge in [-0.25, -0.2) is 9.78 Å². The molecule has 2 aromatic heterocycles. The molecular weight excluding hydrogens is 314 g/mol. The predicted octanol–water partition coefficient (Wildman–Crippen LogP) is 2.21. The summed E-state index contributed by atoms with van der Waals surface area (Å²) >= 11 is 7.35. The summed E-state index contributed by atoms with van der Waals surface area (Å²) in [6.45, 7) is 1.72. The molecule has 7 nitrogen and oxygen atoms in total. The fraction of sp³-hybridized carbons (Fsp3) is 0.167. The van der Waals surface area contributed by atoms with E-state index in [-0.39, 0.29) is 11.5 Å². The standard InChI is InChI=1S/C12H10ClN5O2S/c1-5-15-9(12(19)20-2)11(14)18(5)10-6(13)3-4-7-8(10)17-21-16-7/h3-4H,14H2,1-2H3. The van der Waals surface area contributed by atoms with E-state index in [1.165, 1.54) is 7.11 Å². The molecule has 0 unspecified atom stereocenters. The Balaban J connectivity index is 2.33. The molecule has 9 heteroatoms. The Morgan fingerprint density at radius 2 is 2.19 bits per heavy atom. The molecule has 3 aromatic rings. The first-order chi connectivity index (χ1) is 10.0. The van der Waals surface area contributed by atoms with E-state index in [0.29, 0.717) is 27.6 Å². The molecule has 108 valence electrons. The number of nitrogen functional groups attached to an aromatic ring is 1. The number of benzene rings is 1. The number of esters is 1. The molecular formula is C12H10ClN5O2S. The maximum Gasteiger partial charge on any atom is 0.360 e. The second kappa shape index (κ2) is 4.97. The molecule has 0 radical (unpaired) electrons. The van der Waals surface area contributed by atoms with Crippen LogP contribution in [-0.2, 0) is 4.74 Å². The second-order valence-electron chi connectivity index (χ2n) is 4.25. The minimum absolute atomic E-state index is 0.0475. The number of carbonyl (C=O) groups is 1. The molecule has 0 bridgehead atoms. The first-order valence-corrected chi connectivity index (χ1v) is 6.99. The van der Waals surface area contributed by atoms with Gasteiger partial charge >= 0.3 is 5.97 Å². The highest BCUT2D eigenvalue weighted by atomic mass is 35.5. The Labute approximate surface area is 128 Å². The van der Waals surface area contributed by atoms with Crippen molar-refractivity contribution >= 4 is 46.1 Å². The van der Waals surface area contributed by atoms with Gasteiger partial charge in [-0.1, -0.05) is 11.6 Å². The maximum atomic E-state index is 11.7. The number of carbonyl (C=O) groups excluding carboxylic acids is 1. The van der Waals surface area contributed by atoms with Crippen LogP contribution in [0.15, 0.2) is 12.1 Å². The number of fused-ring (bicyclic) bond motifs is 1. The second-order valence-corrected chi connectivity index (χ2v) is 5.18. The summed E-state index contributed by atoms with van der Waals surface area (Å²) in [4.78, 5) is 15.8. The SMILES string of the molecule is COC(=O)c1nc(C)n(-c2c(Cl)ccc3nsnc23)c1N. The Hall–Kier alpha value is -2.19. The maximum absolute atomic E-state index is 11.7. The minimum Gasteiger partial charge on any atom is -0.464 e. The highest BCUT2D eigenvalue weighted by molar-refractivity contribution is 7.00. The molecule has 0 saturated heterocycles. The lowest BCUT2D eigenvalue weighted by Gasteiger charge is -2.10. The van der Waals surface area contributed by atoms with Crippen LogP contribution in [0.1, 0.15) is 16.3 Å². The zero-order valence-electron chi connectivity index (χ0n) is 11.1. The first-order valence-electron chi connectivity index (χ1n) is 5.89. The van der Waals surface area contributed by atoms with E-state index < -0.39 is 5.97 Å². The third-order valence-corrected chi connectivity index (χ3v) is 3.88. The van der Waals surface area contributed by atoms with E-state index in [9.17, 15) is 4.79 Å². The third kappa shape index (κ3) is 2.03. The number of hydrogen-bond acceptors (Lipinski definition) is 7. The number of imidazole rings is 1. The molecule has 0 fully saturated rings. The monoisotopic (exact) mass is 323 g/mol. The molecule has 2 N–H and O–H groups in total. The van der Waals surface area contributed by atoms with Crippen molar-refractivity contribution in [3.8, 4) is 5.69 Å². The molecule has 0 atom stereocenters. The van der Waals surface area contributed by atoms with Crippen LogP contribution in [-0.4, -0.2) is 31.4 Å². The van der Waals surface area contributed by atoms with Gasteiger partial charge in [0, 0.05) is 0 Å². The van der Waals surface area contributed by atoms with E-state index >= 15 is 0 Å². The quantitative estimate of drug-likeness (QED) is 0.726. The molecule has 0 saturated carbocycles.